The van der Waals surface area contributed by atoms with Crippen molar-refractivity contribution in [2.45, 2.75) is 0 Å². The summed E-state index contributed by atoms with van der Waals surface area (Å²) < 4.78 is 27.5. The van der Waals surface area contributed by atoms with Gasteiger partial charge in [-0.05, 0) is 18.2 Å². The van der Waals surface area contributed by atoms with Gasteiger partial charge in [0.1, 0.15) is 0 Å². The van der Waals surface area contributed by atoms with Gasteiger partial charge in [0.15, 0.2) is 17.5 Å². The predicted octanol–water partition coefficient (Wildman–Crippen LogP) is 1.80. The smallest absolute Gasteiger partial charge is 0.224 e. The molecule has 1 aromatic carbocycles. The summed E-state index contributed by atoms with van der Waals surface area (Å²) in [4.78, 5) is 0. The van der Waals surface area contributed by atoms with E-state index in [1.807, 2.05) is 0 Å². The maximum atomic E-state index is 13.0. The van der Waals surface area contributed by atoms with Crippen LogP contribution in [0.5, 0.6) is 0 Å². The summed E-state index contributed by atoms with van der Waals surface area (Å²) >= 11 is 0. The Labute approximate surface area is 90.9 Å². The van der Waals surface area contributed by atoms with Gasteiger partial charge in [-0.1, -0.05) is 0 Å². The molecule has 0 aliphatic rings. The van der Waals surface area contributed by atoms with Gasteiger partial charge in [-0.15, -0.1) is 10.2 Å². The second kappa shape index (κ2) is 3.88. The molecule has 1 aromatic heterocycles. The second-order valence-corrected chi connectivity index (χ2v) is 3.29. The lowest BCUT2D eigenvalue weighted by Crippen LogP contribution is -2.00. The van der Waals surface area contributed by atoms with Gasteiger partial charge in [0.2, 0.25) is 5.95 Å². The number of hydrogen-bond donors (Lipinski definition) is 1. The Bertz CT molecular complexity index is 522. The van der Waals surface area contributed by atoms with E-state index in [-0.39, 0.29) is 0 Å². The van der Waals surface area contributed by atoms with Crippen molar-refractivity contribution in [3.8, 4) is 11.4 Å². The monoisotopic (exact) mass is 224 g/mol. The quantitative estimate of drug-likeness (QED) is 0.845. The second-order valence-electron chi connectivity index (χ2n) is 3.29. The zero-order valence-corrected chi connectivity index (χ0v) is 8.83. The first-order valence-electron chi connectivity index (χ1n) is 4.66. The summed E-state index contributed by atoms with van der Waals surface area (Å²) in [5.74, 6) is -0.741. The highest BCUT2D eigenvalue weighted by atomic mass is 19.2. The molecule has 0 radical (unpaired) electrons. The van der Waals surface area contributed by atoms with Gasteiger partial charge < -0.3 is 5.32 Å². The summed E-state index contributed by atoms with van der Waals surface area (Å²) in [5.41, 5.74) is 0.482. The predicted molar refractivity (Wildman–Crippen MR) is 55.9 cm³/mol. The average molecular weight is 224 g/mol. The molecule has 0 bridgehead atoms. The molecule has 0 aliphatic heterocycles. The molecular weight excluding hydrogens is 214 g/mol. The highest BCUT2D eigenvalue weighted by Crippen LogP contribution is 2.20. The van der Waals surface area contributed by atoms with Crippen molar-refractivity contribution in [2.75, 3.05) is 12.4 Å². The van der Waals surface area contributed by atoms with Crippen molar-refractivity contribution in [3.63, 3.8) is 0 Å². The minimum Gasteiger partial charge on any atom is -0.357 e. The molecule has 0 aliphatic carbocycles. The number of aromatic nitrogens is 3. The molecule has 0 unspecified atom stereocenters. The third kappa shape index (κ3) is 1.62. The number of anilines is 1. The molecule has 16 heavy (non-hydrogen) atoms. The Morgan fingerprint density at radius 2 is 1.94 bits per heavy atom. The van der Waals surface area contributed by atoms with E-state index < -0.39 is 11.6 Å². The Morgan fingerprint density at radius 3 is 2.50 bits per heavy atom. The van der Waals surface area contributed by atoms with Crippen molar-refractivity contribution in [1.29, 1.82) is 0 Å². The topological polar surface area (TPSA) is 42.7 Å². The highest BCUT2D eigenvalue weighted by Gasteiger charge is 2.11. The standard InChI is InChI=1S/C10H10F2N4/c1-13-10-15-14-9(16(10)2)6-3-4-7(11)8(12)5-6/h3-5H,1-2H3,(H,13,15). The van der Waals surface area contributed by atoms with Crippen LogP contribution in [-0.4, -0.2) is 21.8 Å². The van der Waals surface area contributed by atoms with Crippen LogP contribution in [0.1, 0.15) is 0 Å². The Balaban J connectivity index is 2.50. The molecule has 6 heteroatoms. The molecule has 0 saturated carbocycles. The number of halogens is 2. The van der Waals surface area contributed by atoms with Crippen LogP contribution in [0.25, 0.3) is 11.4 Å². The average Bonchev–Trinajstić information content (AvgIpc) is 2.64. The Morgan fingerprint density at radius 1 is 1.19 bits per heavy atom. The van der Waals surface area contributed by atoms with Crippen LogP contribution >= 0.6 is 0 Å². The van der Waals surface area contributed by atoms with Crippen LogP contribution in [0.15, 0.2) is 18.2 Å². The van der Waals surface area contributed by atoms with E-state index in [0.717, 1.165) is 12.1 Å². The van der Waals surface area contributed by atoms with Gasteiger partial charge in [-0.25, -0.2) is 8.78 Å². The third-order valence-corrected chi connectivity index (χ3v) is 2.28. The lowest BCUT2D eigenvalue weighted by molar-refractivity contribution is 0.509. The van der Waals surface area contributed by atoms with E-state index in [2.05, 4.69) is 15.5 Å². The van der Waals surface area contributed by atoms with Gasteiger partial charge in [-0.3, -0.25) is 4.57 Å². The maximum absolute atomic E-state index is 13.0. The van der Waals surface area contributed by atoms with Crippen LogP contribution in [0.4, 0.5) is 14.7 Å². The molecule has 1 N–H and O–H groups in total. The van der Waals surface area contributed by atoms with Crippen LogP contribution in [0.3, 0.4) is 0 Å². The van der Waals surface area contributed by atoms with E-state index in [0.29, 0.717) is 17.3 Å². The molecule has 0 amide bonds. The van der Waals surface area contributed by atoms with Gasteiger partial charge in [-0.2, -0.15) is 0 Å². The molecule has 84 valence electrons. The molecule has 0 fully saturated rings. The lowest BCUT2D eigenvalue weighted by atomic mass is 10.2. The van der Waals surface area contributed by atoms with E-state index in [1.54, 1.807) is 18.7 Å². The van der Waals surface area contributed by atoms with Crippen LogP contribution in [0.2, 0.25) is 0 Å². The molecule has 2 aromatic rings. The minimum absolute atomic E-state index is 0.475. The first kappa shape index (κ1) is 10.5. The SMILES string of the molecule is CNc1nnc(-c2ccc(F)c(F)c2)n1C. The summed E-state index contributed by atoms with van der Waals surface area (Å²) in [5, 5.41) is 10.6. The third-order valence-electron chi connectivity index (χ3n) is 2.28. The van der Waals surface area contributed by atoms with Crippen LogP contribution in [-0.2, 0) is 7.05 Å². The normalized spacial score (nSPS) is 10.5. The Kier molecular flexibility index (Phi) is 2.55. The molecular formula is C10H10F2N4. The molecule has 1 heterocycles. The molecule has 4 nitrogen and oxygen atoms in total. The molecule has 0 atom stereocenters. The van der Waals surface area contributed by atoms with Gasteiger partial charge in [0, 0.05) is 19.7 Å². The zero-order chi connectivity index (χ0) is 11.7. The molecule has 0 saturated heterocycles. The minimum atomic E-state index is -0.897. The van der Waals surface area contributed by atoms with Gasteiger partial charge in [0.25, 0.3) is 0 Å². The fourth-order valence-electron chi connectivity index (χ4n) is 1.43. The Hall–Kier alpha value is -1.98. The molecule has 0 spiro atoms. The number of nitrogens with zero attached hydrogens (tertiary/aromatic N) is 3. The van der Waals surface area contributed by atoms with Crippen molar-refractivity contribution in [3.05, 3.63) is 29.8 Å². The zero-order valence-electron chi connectivity index (χ0n) is 8.83. The number of hydrogen-bond acceptors (Lipinski definition) is 3. The van der Waals surface area contributed by atoms with Gasteiger partial charge >= 0.3 is 0 Å². The first-order chi connectivity index (χ1) is 7.63. The van der Waals surface area contributed by atoms with Crippen molar-refractivity contribution in [2.24, 2.45) is 7.05 Å². The van der Waals surface area contributed by atoms with Crippen molar-refractivity contribution >= 4 is 5.95 Å². The van der Waals surface area contributed by atoms with Gasteiger partial charge in [0.05, 0.1) is 0 Å². The highest BCUT2D eigenvalue weighted by molar-refractivity contribution is 5.57. The van der Waals surface area contributed by atoms with E-state index >= 15 is 0 Å². The molecule has 2 rings (SSSR count). The number of benzene rings is 1. The largest absolute Gasteiger partial charge is 0.357 e. The van der Waals surface area contributed by atoms with Crippen LogP contribution < -0.4 is 5.32 Å². The number of rotatable bonds is 2. The van der Waals surface area contributed by atoms with Crippen molar-refractivity contribution < 1.29 is 8.78 Å². The van der Waals surface area contributed by atoms with E-state index in [9.17, 15) is 8.78 Å². The van der Waals surface area contributed by atoms with Crippen molar-refractivity contribution in [1.82, 2.24) is 14.8 Å². The van der Waals surface area contributed by atoms with E-state index in [4.69, 9.17) is 0 Å². The lowest BCUT2D eigenvalue weighted by Gasteiger charge is -2.03. The summed E-state index contributed by atoms with van der Waals surface area (Å²) in [6, 6.07) is 3.62. The fraction of sp³-hybridized carbons (Fsp3) is 0.200. The summed E-state index contributed by atoms with van der Waals surface area (Å²) in [6.45, 7) is 0. The summed E-state index contributed by atoms with van der Waals surface area (Å²) in [6.07, 6.45) is 0. The first-order valence-corrected chi connectivity index (χ1v) is 4.66. The summed E-state index contributed by atoms with van der Waals surface area (Å²) in [7, 11) is 3.45. The maximum Gasteiger partial charge on any atom is 0.224 e. The van der Waals surface area contributed by atoms with Crippen LogP contribution in [0, 0.1) is 11.6 Å². The fourth-order valence-corrected chi connectivity index (χ4v) is 1.43. The number of nitrogens with one attached hydrogen (secondary N) is 1. The van der Waals surface area contributed by atoms with E-state index in [1.165, 1.54) is 6.07 Å².